The van der Waals surface area contributed by atoms with E-state index in [0.29, 0.717) is 6.54 Å². The minimum absolute atomic E-state index is 0.0750. The van der Waals surface area contributed by atoms with Crippen molar-refractivity contribution < 1.29 is 14.3 Å². The highest BCUT2D eigenvalue weighted by Crippen LogP contribution is 2.09. The summed E-state index contributed by atoms with van der Waals surface area (Å²) in [6.07, 6.45) is -0.527. The summed E-state index contributed by atoms with van der Waals surface area (Å²) in [5, 5.41) is 8.46. The normalized spacial score (nSPS) is 17.8. The van der Waals surface area contributed by atoms with Crippen LogP contribution in [0.2, 0.25) is 0 Å². The molecule has 1 aliphatic heterocycles. The summed E-state index contributed by atoms with van der Waals surface area (Å²) in [4.78, 5) is 23.2. The van der Waals surface area contributed by atoms with Crippen LogP contribution < -0.4 is 0 Å². The maximum atomic E-state index is 11.3. The van der Waals surface area contributed by atoms with E-state index >= 15 is 0 Å². The van der Waals surface area contributed by atoms with Crippen molar-refractivity contribution in [2.24, 2.45) is 5.92 Å². The lowest BCUT2D eigenvalue weighted by Crippen LogP contribution is -2.32. The first kappa shape index (κ1) is 9.52. The van der Waals surface area contributed by atoms with Gasteiger partial charge in [-0.2, -0.15) is 5.26 Å². The predicted octanol–water partition coefficient (Wildman–Crippen LogP) is 0.515. The molecule has 0 aromatic heterocycles. The summed E-state index contributed by atoms with van der Waals surface area (Å²) in [5.74, 6) is -0.697. The molecular weight excluding hydrogens is 172 g/mol. The maximum Gasteiger partial charge on any atom is 0.416 e. The van der Waals surface area contributed by atoms with Gasteiger partial charge in [-0.3, -0.25) is 4.79 Å². The molecule has 1 atom stereocenters. The van der Waals surface area contributed by atoms with Gasteiger partial charge in [0.25, 0.3) is 0 Å². The number of cyclic esters (lactones) is 1. The highest BCUT2D eigenvalue weighted by atomic mass is 16.6. The topological polar surface area (TPSA) is 70.4 Å². The van der Waals surface area contributed by atoms with Crippen LogP contribution >= 0.6 is 0 Å². The third-order valence-corrected chi connectivity index (χ3v) is 1.76. The average molecular weight is 182 g/mol. The second-order valence-electron chi connectivity index (χ2n) is 2.89. The van der Waals surface area contributed by atoms with E-state index in [9.17, 15) is 9.59 Å². The van der Waals surface area contributed by atoms with E-state index in [2.05, 4.69) is 4.74 Å². The molecule has 70 valence electrons. The Balaban J connectivity index is 2.49. The molecule has 0 N–H and O–H groups in total. The summed E-state index contributed by atoms with van der Waals surface area (Å²) in [6.45, 7) is 2.20. The Labute approximate surface area is 75.9 Å². The van der Waals surface area contributed by atoms with Gasteiger partial charge in [-0.25, -0.2) is 9.69 Å². The van der Waals surface area contributed by atoms with Gasteiger partial charge in [-0.05, 0) is 6.92 Å². The van der Waals surface area contributed by atoms with Crippen LogP contribution in [-0.4, -0.2) is 30.1 Å². The van der Waals surface area contributed by atoms with Crippen LogP contribution in [0, 0.1) is 17.2 Å². The molecule has 1 fully saturated rings. The Morgan fingerprint density at radius 2 is 2.54 bits per heavy atom. The SMILES string of the molecule is C[C@H](C#N)CC(=O)N1CCOC1=O. The van der Waals surface area contributed by atoms with Crippen molar-refractivity contribution >= 4 is 12.0 Å². The summed E-state index contributed by atoms with van der Waals surface area (Å²) in [7, 11) is 0. The minimum atomic E-state index is -0.602. The van der Waals surface area contributed by atoms with Crippen LogP contribution in [0.15, 0.2) is 0 Å². The molecule has 0 saturated carbocycles. The van der Waals surface area contributed by atoms with Gasteiger partial charge < -0.3 is 4.74 Å². The molecule has 5 heteroatoms. The average Bonchev–Trinajstić information content (AvgIpc) is 2.51. The van der Waals surface area contributed by atoms with E-state index in [1.165, 1.54) is 0 Å². The van der Waals surface area contributed by atoms with E-state index in [-0.39, 0.29) is 24.9 Å². The first-order chi connectivity index (χ1) is 6.15. The lowest BCUT2D eigenvalue weighted by molar-refractivity contribution is -0.128. The summed E-state index contributed by atoms with van der Waals surface area (Å²) in [5.41, 5.74) is 0. The molecule has 0 aromatic rings. The lowest BCUT2D eigenvalue weighted by Gasteiger charge is -2.10. The van der Waals surface area contributed by atoms with Crippen LogP contribution in [0.3, 0.4) is 0 Å². The zero-order valence-electron chi connectivity index (χ0n) is 7.32. The number of ether oxygens (including phenoxy) is 1. The fraction of sp³-hybridized carbons (Fsp3) is 0.625. The molecule has 1 aliphatic rings. The summed E-state index contributed by atoms with van der Waals surface area (Å²) in [6, 6.07) is 1.93. The highest BCUT2D eigenvalue weighted by molar-refractivity contribution is 5.93. The van der Waals surface area contributed by atoms with Gasteiger partial charge in [0, 0.05) is 6.42 Å². The molecule has 5 nitrogen and oxygen atoms in total. The van der Waals surface area contributed by atoms with Crippen LogP contribution in [0.5, 0.6) is 0 Å². The molecule has 0 radical (unpaired) electrons. The predicted molar refractivity (Wildman–Crippen MR) is 42.5 cm³/mol. The maximum absolute atomic E-state index is 11.3. The largest absolute Gasteiger partial charge is 0.447 e. The Morgan fingerprint density at radius 3 is 3.00 bits per heavy atom. The van der Waals surface area contributed by atoms with Gasteiger partial charge in [-0.1, -0.05) is 0 Å². The molecule has 2 amide bonds. The van der Waals surface area contributed by atoms with E-state index < -0.39 is 6.09 Å². The Morgan fingerprint density at radius 1 is 1.85 bits per heavy atom. The molecular formula is C8H10N2O3. The minimum Gasteiger partial charge on any atom is -0.447 e. The standard InChI is InChI=1S/C8H10N2O3/c1-6(5-9)4-7(11)10-2-3-13-8(10)12/h6H,2-4H2,1H3/t6-/m0/s1. The van der Waals surface area contributed by atoms with Crippen LogP contribution in [-0.2, 0) is 9.53 Å². The number of imide groups is 1. The first-order valence-electron chi connectivity index (χ1n) is 4.02. The van der Waals surface area contributed by atoms with Crippen molar-refractivity contribution in [2.45, 2.75) is 13.3 Å². The number of nitriles is 1. The fourth-order valence-corrected chi connectivity index (χ4v) is 1.04. The second kappa shape index (κ2) is 3.90. The number of rotatable bonds is 2. The lowest BCUT2D eigenvalue weighted by atomic mass is 10.1. The van der Waals surface area contributed by atoms with Gasteiger partial charge in [-0.15, -0.1) is 0 Å². The molecule has 0 aliphatic carbocycles. The van der Waals surface area contributed by atoms with Crippen LogP contribution in [0.25, 0.3) is 0 Å². The molecule has 0 unspecified atom stereocenters. The Kier molecular flexibility index (Phi) is 2.85. The number of hydrogen-bond donors (Lipinski definition) is 0. The number of carbonyl (C=O) groups excluding carboxylic acids is 2. The van der Waals surface area contributed by atoms with E-state index in [1.54, 1.807) is 6.92 Å². The smallest absolute Gasteiger partial charge is 0.416 e. The first-order valence-corrected chi connectivity index (χ1v) is 4.02. The van der Waals surface area contributed by atoms with E-state index in [1.807, 2.05) is 6.07 Å². The van der Waals surface area contributed by atoms with E-state index in [4.69, 9.17) is 5.26 Å². The molecule has 1 saturated heterocycles. The van der Waals surface area contributed by atoms with Gasteiger partial charge in [0.15, 0.2) is 0 Å². The highest BCUT2D eigenvalue weighted by Gasteiger charge is 2.28. The number of nitrogens with zero attached hydrogens (tertiary/aromatic N) is 2. The zero-order valence-corrected chi connectivity index (χ0v) is 7.32. The van der Waals surface area contributed by atoms with Crippen molar-refractivity contribution in [3.8, 4) is 6.07 Å². The molecule has 0 aromatic carbocycles. The van der Waals surface area contributed by atoms with Gasteiger partial charge in [0.1, 0.15) is 6.61 Å². The quantitative estimate of drug-likeness (QED) is 0.624. The third kappa shape index (κ3) is 2.18. The zero-order chi connectivity index (χ0) is 9.84. The van der Waals surface area contributed by atoms with Gasteiger partial charge in [0.2, 0.25) is 5.91 Å². The summed E-state index contributed by atoms with van der Waals surface area (Å²) < 4.78 is 4.59. The summed E-state index contributed by atoms with van der Waals surface area (Å²) >= 11 is 0. The number of amides is 2. The van der Waals surface area contributed by atoms with Crippen molar-refractivity contribution in [2.75, 3.05) is 13.2 Å². The number of carbonyl (C=O) groups is 2. The Bertz CT molecular complexity index is 269. The third-order valence-electron chi connectivity index (χ3n) is 1.76. The molecule has 0 bridgehead atoms. The van der Waals surface area contributed by atoms with E-state index in [0.717, 1.165) is 4.90 Å². The Hall–Kier alpha value is -1.57. The van der Waals surface area contributed by atoms with Gasteiger partial charge >= 0.3 is 6.09 Å². The molecule has 13 heavy (non-hydrogen) atoms. The van der Waals surface area contributed by atoms with Crippen LogP contribution in [0.1, 0.15) is 13.3 Å². The van der Waals surface area contributed by atoms with Crippen molar-refractivity contribution in [1.29, 1.82) is 5.26 Å². The number of hydrogen-bond acceptors (Lipinski definition) is 4. The van der Waals surface area contributed by atoms with Crippen molar-refractivity contribution in [3.05, 3.63) is 0 Å². The van der Waals surface area contributed by atoms with Crippen LogP contribution in [0.4, 0.5) is 4.79 Å². The second-order valence-corrected chi connectivity index (χ2v) is 2.89. The molecule has 1 heterocycles. The molecule has 1 rings (SSSR count). The fourth-order valence-electron chi connectivity index (χ4n) is 1.04. The van der Waals surface area contributed by atoms with Crippen molar-refractivity contribution in [1.82, 2.24) is 4.90 Å². The van der Waals surface area contributed by atoms with Gasteiger partial charge in [0.05, 0.1) is 18.5 Å². The van der Waals surface area contributed by atoms with Crippen molar-refractivity contribution in [3.63, 3.8) is 0 Å². The molecule has 0 spiro atoms. The monoisotopic (exact) mass is 182 g/mol.